The van der Waals surface area contributed by atoms with E-state index < -0.39 is 6.10 Å². The molecule has 3 N–H and O–H groups in total. The number of amides is 2. The third-order valence-electron chi connectivity index (χ3n) is 5.20. The van der Waals surface area contributed by atoms with E-state index in [9.17, 15) is 9.59 Å². The number of nitrogens with one attached hydrogen (secondary N) is 3. The van der Waals surface area contributed by atoms with Gasteiger partial charge in [-0.3, -0.25) is 9.59 Å². The van der Waals surface area contributed by atoms with Gasteiger partial charge in [0.1, 0.15) is 6.10 Å². The monoisotopic (exact) mass is 356 g/mol. The molecule has 4 rings (SSSR count). The highest BCUT2D eigenvalue weighted by Gasteiger charge is 2.25. The Morgan fingerprint density at radius 3 is 3.15 bits per heavy atom. The summed E-state index contributed by atoms with van der Waals surface area (Å²) in [5.41, 5.74) is 4.03. The highest BCUT2D eigenvalue weighted by molar-refractivity contribution is 6.02. The van der Waals surface area contributed by atoms with Crippen molar-refractivity contribution >= 4 is 22.7 Å². The molecule has 1 fully saturated rings. The van der Waals surface area contributed by atoms with Crippen LogP contribution in [0.15, 0.2) is 18.3 Å². The molecule has 0 spiro atoms. The van der Waals surface area contributed by atoms with Gasteiger partial charge in [-0.25, -0.2) is 0 Å². The number of carbonyl (C=O) groups excluding carboxylic acids is 2. The molecular weight excluding hydrogens is 332 g/mol. The Morgan fingerprint density at radius 2 is 2.31 bits per heavy atom. The van der Waals surface area contributed by atoms with Crippen LogP contribution in [0.4, 0.5) is 0 Å². The Hall–Kier alpha value is -2.38. The largest absolute Gasteiger partial charge is 0.366 e. The maximum absolute atomic E-state index is 12.3. The first-order valence-corrected chi connectivity index (χ1v) is 9.11. The first-order chi connectivity index (χ1) is 12.6. The van der Waals surface area contributed by atoms with Gasteiger partial charge in [-0.2, -0.15) is 0 Å². The van der Waals surface area contributed by atoms with Gasteiger partial charge in [0.15, 0.2) is 0 Å². The van der Waals surface area contributed by atoms with E-state index in [-0.39, 0.29) is 11.8 Å². The van der Waals surface area contributed by atoms with Crippen molar-refractivity contribution in [1.82, 2.24) is 20.5 Å². The smallest absolute Gasteiger partial charge is 0.251 e. The minimum atomic E-state index is -0.395. The second kappa shape index (κ2) is 7.09. The molecule has 1 aromatic heterocycles. The predicted molar refractivity (Wildman–Crippen MR) is 98.3 cm³/mol. The number of fused-ring (bicyclic) bond motifs is 3. The van der Waals surface area contributed by atoms with Gasteiger partial charge in [-0.15, -0.1) is 0 Å². The number of hydrogen-bond donors (Lipinski definition) is 3. The Morgan fingerprint density at radius 1 is 1.42 bits per heavy atom. The van der Waals surface area contributed by atoms with Crippen LogP contribution in [0.5, 0.6) is 0 Å². The molecule has 1 aromatic carbocycles. The molecule has 0 bridgehead atoms. The number of likely N-dealkylation sites (N-methyl/N-ethyl adjacent to an activating group) is 1. The minimum absolute atomic E-state index is 0.00725. The fraction of sp³-hybridized carbons (Fsp3) is 0.474. The van der Waals surface area contributed by atoms with E-state index in [1.165, 1.54) is 0 Å². The van der Waals surface area contributed by atoms with Crippen LogP contribution < -0.4 is 10.6 Å². The summed E-state index contributed by atoms with van der Waals surface area (Å²) in [6.07, 6.45) is 3.13. The summed E-state index contributed by atoms with van der Waals surface area (Å²) < 4.78 is 5.55. The molecule has 0 aliphatic carbocycles. The van der Waals surface area contributed by atoms with Gasteiger partial charge in [0.05, 0.1) is 6.61 Å². The molecule has 7 nitrogen and oxygen atoms in total. The number of morpholine rings is 1. The van der Waals surface area contributed by atoms with Crippen molar-refractivity contribution in [2.24, 2.45) is 0 Å². The van der Waals surface area contributed by atoms with Crippen LogP contribution in [0.1, 0.15) is 21.5 Å². The first kappa shape index (κ1) is 17.1. The van der Waals surface area contributed by atoms with E-state index in [1.54, 1.807) is 0 Å². The van der Waals surface area contributed by atoms with Crippen molar-refractivity contribution in [3.8, 4) is 0 Å². The third-order valence-corrected chi connectivity index (χ3v) is 5.20. The molecule has 2 aliphatic rings. The molecule has 3 heterocycles. The van der Waals surface area contributed by atoms with Gasteiger partial charge in [0, 0.05) is 48.8 Å². The molecule has 138 valence electrons. The Kier molecular flexibility index (Phi) is 4.65. The zero-order valence-corrected chi connectivity index (χ0v) is 14.9. The normalized spacial score (nSPS) is 20.7. The van der Waals surface area contributed by atoms with Crippen LogP contribution in [0.25, 0.3) is 10.9 Å². The lowest BCUT2D eigenvalue weighted by molar-refractivity contribution is -0.137. The van der Waals surface area contributed by atoms with Crippen LogP contribution >= 0.6 is 0 Å². The van der Waals surface area contributed by atoms with Crippen LogP contribution in [0, 0.1) is 0 Å². The zero-order chi connectivity index (χ0) is 18.1. The molecular formula is C19H24N4O3. The molecule has 0 radical (unpaired) electrons. The van der Waals surface area contributed by atoms with Gasteiger partial charge in [0.2, 0.25) is 5.91 Å². The summed E-state index contributed by atoms with van der Waals surface area (Å²) in [6.45, 7) is 3.29. The predicted octanol–water partition coefficient (Wildman–Crippen LogP) is 0.443. The second-order valence-corrected chi connectivity index (χ2v) is 7.00. The molecule has 0 saturated carbocycles. The maximum Gasteiger partial charge on any atom is 0.251 e. The van der Waals surface area contributed by atoms with Gasteiger partial charge in [-0.1, -0.05) is 0 Å². The van der Waals surface area contributed by atoms with Gasteiger partial charge < -0.3 is 25.3 Å². The number of benzene rings is 1. The van der Waals surface area contributed by atoms with E-state index in [1.807, 2.05) is 25.4 Å². The topological polar surface area (TPSA) is 86.5 Å². The molecule has 1 unspecified atom stereocenters. The highest BCUT2D eigenvalue weighted by atomic mass is 16.5. The summed E-state index contributed by atoms with van der Waals surface area (Å²) in [5.74, 6) is -0.0648. The number of nitrogens with zero attached hydrogens (tertiary/aromatic N) is 1. The Labute approximate surface area is 152 Å². The molecule has 1 atom stereocenters. The standard InChI is InChI=1S/C19H24N4O3/c1-23-8-9-26-16(11-23)19(25)21-6-4-12-10-22-15-3-2-14-13(17(12)15)5-7-20-18(14)24/h2-3,10,16,22H,4-9,11H2,1H3,(H,20,24)(H,21,25). The number of carbonyl (C=O) groups is 2. The van der Waals surface area contributed by atoms with Crippen LogP contribution in [-0.2, 0) is 22.4 Å². The molecule has 2 aromatic rings. The molecule has 7 heteroatoms. The molecule has 2 amide bonds. The lowest BCUT2D eigenvalue weighted by Crippen LogP contribution is -2.48. The average molecular weight is 356 g/mol. The molecule has 26 heavy (non-hydrogen) atoms. The summed E-state index contributed by atoms with van der Waals surface area (Å²) in [4.78, 5) is 29.7. The van der Waals surface area contributed by atoms with Crippen molar-refractivity contribution in [2.75, 3.05) is 39.8 Å². The number of H-pyrrole nitrogens is 1. The number of aromatic nitrogens is 1. The number of aromatic amines is 1. The van der Waals surface area contributed by atoms with Crippen molar-refractivity contribution in [1.29, 1.82) is 0 Å². The van der Waals surface area contributed by atoms with E-state index >= 15 is 0 Å². The fourth-order valence-corrected chi connectivity index (χ4v) is 3.81. The second-order valence-electron chi connectivity index (χ2n) is 7.00. The zero-order valence-electron chi connectivity index (χ0n) is 14.9. The molecule has 2 aliphatic heterocycles. The highest BCUT2D eigenvalue weighted by Crippen LogP contribution is 2.28. The summed E-state index contributed by atoms with van der Waals surface area (Å²) in [5, 5.41) is 6.99. The van der Waals surface area contributed by atoms with E-state index in [0.29, 0.717) is 32.7 Å². The van der Waals surface area contributed by atoms with Crippen LogP contribution in [0.3, 0.4) is 0 Å². The quantitative estimate of drug-likeness (QED) is 0.742. The van der Waals surface area contributed by atoms with E-state index in [4.69, 9.17) is 4.74 Å². The number of hydrogen-bond acceptors (Lipinski definition) is 4. The number of rotatable bonds is 4. The first-order valence-electron chi connectivity index (χ1n) is 9.11. The van der Waals surface area contributed by atoms with Crippen molar-refractivity contribution in [3.05, 3.63) is 35.0 Å². The van der Waals surface area contributed by atoms with Crippen molar-refractivity contribution in [3.63, 3.8) is 0 Å². The lowest BCUT2D eigenvalue weighted by Gasteiger charge is -2.29. The van der Waals surface area contributed by atoms with Gasteiger partial charge in [-0.05, 0) is 43.1 Å². The third kappa shape index (κ3) is 3.20. The summed E-state index contributed by atoms with van der Waals surface area (Å²) in [6, 6.07) is 3.83. The Balaban J connectivity index is 1.45. The minimum Gasteiger partial charge on any atom is -0.366 e. The van der Waals surface area contributed by atoms with E-state index in [0.717, 1.165) is 40.6 Å². The summed E-state index contributed by atoms with van der Waals surface area (Å²) in [7, 11) is 1.99. The van der Waals surface area contributed by atoms with E-state index in [2.05, 4.69) is 20.5 Å². The lowest BCUT2D eigenvalue weighted by atomic mass is 9.94. The number of ether oxygens (including phenoxy) is 1. The van der Waals surface area contributed by atoms with Crippen molar-refractivity contribution in [2.45, 2.75) is 18.9 Å². The average Bonchev–Trinajstić information content (AvgIpc) is 3.05. The summed E-state index contributed by atoms with van der Waals surface area (Å²) >= 11 is 0. The SMILES string of the molecule is CN1CCOC(C(=O)NCCc2c[nH]c3ccc4c(c23)CCNC4=O)C1. The molecule has 1 saturated heterocycles. The maximum atomic E-state index is 12.3. The van der Waals surface area contributed by atoms with Crippen LogP contribution in [0.2, 0.25) is 0 Å². The fourth-order valence-electron chi connectivity index (χ4n) is 3.81. The van der Waals surface area contributed by atoms with Crippen LogP contribution in [-0.4, -0.2) is 67.6 Å². The van der Waals surface area contributed by atoms with Crippen molar-refractivity contribution < 1.29 is 14.3 Å². The Bertz CT molecular complexity index is 845. The van der Waals surface area contributed by atoms with Gasteiger partial charge in [0.25, 0.3) is 5.91 Å². The van der Waals surface area contributed by atoms with Gasteiger partial charge >= 0.3 is 0 Å².